The fourth-order valence-electron chi connectivity index (χ4n) is 3.49. The van der Waals surface area contributed by atoms with Crippen LogP contribution in [0.25, 0.3) is 0 Å². The zero-order valence-corrected chi connectivity index (χ0v) is 16.3. The third kappa shape index (κ3) is 6.12. The molecule has 5 heteroatoms. The number of aryl methyl sites for hydroxylation is 1. The van der Waals surface area contributed by atoms with Gasteiger partial charge in [0.2, 0.25) is 0 Å². The number of carbonyl (C=O) groups excluding carboxylic acids is 2. The van der Waals surface area contributed by atoms with E-state index in [1.54, 1.807) is 12.1 Å². The van der Waals surface area contributed by atoms with Crippen molar-refractivity contribution in [2.24, 2.45) is 0 Å². The number of amides is 2. The average Bonchev–Trinajstić information content (AvgIpc) is 3.02. The quantitative estimate of drug-likeness (QED) is 0.593. The molecule has 1 aliphatic rings. The van der Waals surface area contributed by atoms with Crippen molar-refractivity contribution in [2.75, 3.05) is 29.9 Å². The highest BCUT2D eigenvalue weighted by atomic mass is 16.2. The lowest BCUT2D eigenvalue weighted by Gasteiger charge is -2.22. The Bertz CT molecular complexity index is 751. The van der Waals surface area contributed by atoms with Crippen LogP contribution in [0.2, 0.25) is 0 Å². The van der Waals surface area contributed by atoms with E-state index in [1.165, 1.54) is 36.9 Å². The van der Waals surface area contributed by atoms with Gasteiger partial charge < -0.3 is 15.5 Å². The summed E-state index contributed by atoms with van der Waals surface area (Å²) in [6.07, 6.45) is 6.90. The number of rotatable bonds is 6. The predicted octanol–water partition coefficient (Wildman–Crippen LogP) is 3.75. The van der Waals surface area contributed by atoms with E-state index in [0.717, 1.165) is 25.9 Å². The Balaban J connectivity index is 1.37. The van der Waals surface area contributed by atoms with E-state index in [9.17, 15) is 9.59 Å². The molecule has 0 bridgehead atoms. The van der Waals surface area contributed by atoms with Gasteiger partial charge in [0.1, 0.15) is 0 Å². The first-order valence-corrected chi connectivity index (χ1v) is 10.2. The van der Waals surface area contributed by atoms with Gasteiger partial charge in [0.15, 0.2) is 0 Å². The maximum Gasteiger partial charge on any atom is 0.313 e. The SMILES string of the molecule is O=C(NCCCc1ccc(N2CCCCCC2)cc1)C(=O)Nc1ccccc1. The van der Waals surface area contributed by atoms with Crippen LogP contribution in [0.4, 0.5) is 11.4 Å². The topological polar surface area (TPSA) is 61.4 Å². The number of hydrogen-bond acceptors (Lipinski definition) is 3. The van der Waals surface area contributed by atoms with Crippen molar-refractivity contribution in [2.45, 2.75) is 38.5 Å². The molecule has 2 aromatic carbocycles. The molecule has 3 rings (SSSR count). The standard InChI is InChI=1S/C23H29N3O2/c27-22(23(28)25-20-10-4-3-5-11-20)24-16-8-9-19-12-14-21(15-13-19)26-17-6-1-2-7-18-26/h3-5,10-15H,1-2,6-9,16-18H2,(H,24,27)(H,25,28). The molecule has 0 radical (unpaired) electrons. The van der Waals surface area contributed by atoms with Crippen LogP contribution in [0.15, 0.2) is 54.6 Å². The lowest BCUT2D eigenvalue weighted by atomic mass is 10.1. The summed E-state index contributed by atoms with van der Waals surface area (Å²) < 4.78 is 0. The summed E-state index contributed by atoms with van der Waals surface area (Å²) in [5, 5.41) is 5.27. The minimum absolute atomic E-state index is 0.481. The Morgan fingerprint density at radius 2 is 1.50 bits per heavy atom. The summed E-state index contributed by atoms with van der Waals surface area (Å²) in [5.74, 6) is -1.23. The van der Waals surface area contributed by atoms with Crippen molar-refractivity contribution in [3.63, 3.8) is 0 Å². The first-order chi connectivity index (χ1) is 13.7. The Labute approximate surface area is 167 Å². The van der Waals surface area contributed by atoms with E-state index in [2.05, 4.69) is 39.8 Å². The third-order valence-electron chi connectivity index (χ3n) is 5.07. The van der Waals surface area contributed by atoms with Crippen LogP contribution in [0, 0.1) is 0 Å². The van der Waals surface area contributed by atoms with E-state index < -0.39 is 11.8 Å². The van der Waals surface area contributed by atoms with Gasteiger partial charge in [-0.2, -0.15) is 0 Å². The summed E-state index contributed by atoms with van der Waals surface area (Å²) in [7, 11) is 0. The first kappa shape index (κ1) is 19.9. The molecular weight excluding hydrogens is 350 g/mol. The number of hydrogen-bond donors (Lipinski definition) is 2. The maximum absolute atomic E-state index is 11.9. The lowest BCUT2D eigenvalue weighted by Crippen LogP contribution is -2.36. The minimum atomic E-state index is -0.631. The highest BCUT2D eigenvalue weighted by Crippen LogP contribution is 2.20. The second kappa shape index (κ2) is 10.5. The van der Waals surface area contributed by atoms with E-state index in [1.807, 2.05) is 18.2 Å². The zero-order chi connectivity index (χ0) is 19.6. The van der Waals surface area contributed by atoms with E-state index in [4.69, 9.17) is 0 Å². The fourth-order valence-corrected chi connectivity index (χ4v) is 3.49. The van der Waals surface area contributed by atoms with Gasteiger partial charge in [0.25, 0.3) is 0 Å². The number of anilines is 2. The Morgan fingerprint density at radius 1 is 0.821 bits per heavy atom. The van der Waals surface area contributed by atoms with Crippen LogP contribution in [0.3, 0.4) is 0 Å². The molecule has 2 amide bonds. The summed E-state index contributed by atoms with van der Waals surface area (Å²) in [6, 6.07) is 17.7. The van der Waals surface area contributed by atoms with Crippen molar-refractivity contribution in [1.82, 2.24) is 5.32 Å². The van der Waals surface area contributed by atoms with Crippen molar-refractivity contribution < 1.29 is 9.59 Å². The molecule has 0 aromatic heterocycles. The molecule has 0 unspecified atom stereocenters. The van der Waals surface area contributed by atoms with E-state index >= 15 is 0 Å². The second-order valence-corrected chi connectivity index (χ2v) is 7.25. The molecule has 0 saturated carbocycles. The molecule has 0 aliphatic carbocycles. The predicted molar refractivity (Wildman–Crippen MR) is 114 cm³/mol. The summed E-state index contributed by atoms with van der Waals surface area (Å²) >= 11 is 0. The summed E-state index contributed by atoms with van der Waals surface area (Å²) in [5.41, 5.74) is 3.17. The molecule has 148 valence electrons. The number of nitrogens with one attached hydrogen (secondary N) is 2. The van der Waals surface area contributed by atoms with Crippen LogP contribution in [-0.2, 0) is 16.0 Å². The van der Waals surface area contributed by atoms with Crippen LogP contribution in [0.1, 0.15) is 37.7 Å². The molecule has 1 fully saturated rings. The van der Waals surface area contributed by atoms with Gasteiger partial charge in [-0.05, 0) is 55.5 Å². The highest BCUT2D eigenvalue weighted by Gasteiger charge is 2.13. The molecular formula is C23H29N3O2. The third-order valence-corrected chi connectivity index (χ3v) is 5.07. The van der Waals surface area contributed by atoms with Gasteiger partial charge in [-0.3, -0.25) is 9.59 Å². The molecule has 0 spiro atoms. The first-order valence-electron chi connectivity index (χ1n) is 10.2. The number of para-hydroxylation sites is 1. The fraction of sp³-hybridized carbons (Fsp3) is 0.391. The molecule has 1 aliphatic heterocycles. The molecule has 2 aromatic rings. The zero-order valence-electron chi connectivity index (χ0n) is 16.3. The number of nitrogens with zero attached hydrogens (tertiary/aromatic N) is 1. The molecule has 0 atom stereocenters. The molecule has 1 heterocycles. The number of benzene rings is 2. The monoisotopic (exact) mass is 379 g/mol. The normalized spacial score (nSPS) is 14.2. The van der Waals surface area contributed by atoms with Crippen molar-refractivity contribution in [3.05, 3.63) is 60.2 Å². The highest BCUT2D eigenvalue weighted by molar-refractivity contribution is 6.39. The van der Waals surface area contributed by atoms with Gasteiger partial charge in [-0.15, -0.1) is 0 Å². The summed E-state index contributed by atoms with van der Waals surface area (Å²) in [6.45, 7) is 2.78. The van der Waals surface area contributed by atoms with Gasteiger partial charge in [0.05, 0.1) is 0 Å². The van der Waals surface area contributed by atoms with Gasteiger partial charge in [-0.25, -0.2) is 0 Å². The Hall–Kier alpha value is -2.82. The Morgan fingerprint density at radius 3 is 2.18 bits per heavy atom. The van der Waals surface area contributed by atoms with Crippen molar-refractivity contribution in [1.29, 1.82) is 0 Å². The molecule has 2 N–H and O–H groups in total. The van der Waals surface area contributed by atoms with Gasteiger partial charge in [0, 0.05) is 31.0 Å². The second-order valence-electron chi connectivity index (χ2n) is 7.25. The average molecular weight is 380 g/mol. The van der Waals surface area contributed by atoms with Crippen molar-refractivity contribution >= 4 is 23.2 Å². The lowest BCUT2D eigenvalue weighted by molar-refractivity contribution is -0.136. The summed E-state index contributed by atoms with van der Waals surface area (Å²) in [4.78, 5) is 26.2. The smallest absolute Gasteiger partial charge is 0.313 e. The van der Waals surface area contributed by atoms with Crippen molar-refractivity contribution in [3.8, 4) is 0 Å². The molecule has 5 nitrogen and oxygen atoms in total. The van der Waals surface area contributed by atoms with Crippen LogP contribution in [0.5, 0.6) is 0 Å². The van der Waals surface area contributed by atoms with Gasteiger partial charge >= 0.3 is 11.8 Å². The molecule has 1 saturated heterocycles. The molecule has 28 heavy (non-hydrogen) atoms. The largest absolute Gasteiger partial charge is 0.372 e. The van der Waals surface area contributed by atoms with E-state index in [-0.39, 0.29) is 0 Å². The Kier molecular flexibility index (Phi) is 7.47. The van der Waals surface area contributed by atoms with E-state index in [0.29, 0.717) is 12.2 Å². The number of carbonyl (C=O) groups is 2. The van der Waals surface area contributed by atoms with Gasteiger partial charge in [-0.1, -0.05) is 43.2 Å². The minimum Gasteiger partial charge on any atom is -0.372 e. The maximum atomic E-state index is 11.9. The van der Waals surface area contributed by atoms with Crippen LogP contribution in [-0.4, -0.2) is 31.4 Å². The van der Waals surface area contributed by atoms with Crippen LogP contribution < -0.4 is 15.5 Å². The van der Waals surface area contributed by atoms with Crippen LogP contribution >= 0.6 is 0 Å².